The molecule has 1 fully saturated rings. The predicted octanol–water partition coefficient (Wildman–Crippen LogP) is 2.77. The molecular formula is C18H28FN3O2. The summed E-state index contributed by atoms with van der Waals surface area (Å²) in [6.07, 6.45) is 2.83. The molecule has 0 aliphatic carbocycles. The molecule has 1 aliphatic rings. The lowest BCUT2D eigenvalue weighted by Crippen LogP contribution is -2.41. The molecule has 0 aromatic heterocycles. The van der Waals surface area contributed by atoms with Crippen LogP contribution in [0.1, 0.15) is 45.1 Å². The van der Waals surface area contributed by atoms with Crippen LogP contribution in [0.25, 0.3) is 0 Å². The highest BCUT2D eigenvalue weighted by Gasteiger charge is 2.19. The molecule has 1 aromatic carbocycles. The molecule has 0 unspecified atom stereocenters. The van der Waals surface area contributed by atoms with Crippen molar-refractivity contribution in [1.29, 1.82) is 0 Å². The molecule has 0 bridgehead atoms. The summed E-state index contributed by atoms with van der Waals surface area (Å²) >= 11 is 0. The number of carbonyl (C=O) groups is 1. The number of halogens is 1. The van der Waals surface area contributed by atoms with Crippen LogP contribution in [0.5, 0.6) is 0 Å². The minimum absolute atomic E-state index is 0.165. The molecule has 2 amide bonds. The summed E-state index contributed by atoms with van der Waals surface area (Å²) in [5.41, 5.74) is 1.29. The number of rotatable bonds is 6. The van der Waals surface area contributed by atoms with Gasteiger partial charge in [0.1, 0.15) is 5.82 Å². The monoisotopic (exact) mass is 337 g/mol. The van der Waals surface area contributed by atoms with E-state index in [-0.39, 0.29) is 24.0 Å². The van der Waals surface area contributed by atoms with Gasteiger partial charge in [0.05, 0.1) is 11.8 Å². The first kappa shape index (κ1) is 18.5. The van der Waals surface area contributed by atoms with E-state index >= 15 is 0 Å². The number of benzene rings is 1. The van der Waals surface area contributed by atoms with Gasteiger partial charge in [0, 0.05) is 25.7 Å². The van der Waals surface area contributed by atoms with Crippen molar-refractivity contribution in [3.05, 3.63) is 29.6 Å². The van der Waals surface area contributed by atoms with Gasteiger partial charge in [-0.2, -0.15) is 0 Å². The minimum atomic E-state index is -0.286. The minimum Gasteiger partial charge on any atom is -0.393 e. The Hall–Kier alpha value is -1.82. The molecule has 1 aliphatic heterocycles. The van der Waals surface area contributed by atoms with Crippen molar-refractivity contribution in [2.45, 2.75) is 58.2 Å². The fraction of sp³-hybridized carbons (Fsp3) is 0.611. The van der Waals surface area contributed by atoms with Gasteiger partial charge < -0.3 is 20.6 Å². The number of aliphatic hydroxyl groups is 1. The van der Waals surface area contributed by atoms with E-state index in [1.807, 2.05) is 24.8 Å². The highest BCUT2D eigenvalue weighted by molar-refractivity contribution is 5.74. The number of hydrogen-bond acceptors (Lipinski definition) is 3. The molecule has 2 rings (SSSR count). The molecule has 0 atom stereocenters. The Morgan fingerprint density at radius 3 is 2.58 bits per heavy atom. The summed E-state index contributed by atoms with van der Waals surface area (Å²) in [4.78, 5) is 13.8. The zero-order valence-corrected chi connectivity index (χ0v) is 14.5. The zero-order chi connectivity index (χ0) is 17.5. The van der Waals surface area contributed by atoms with E-state index in [9.17, 15) is 14.3 Å². The number of aliphatic hydroxyl groups excluding tert-OH is 1. The first-order valence-corrected chi connectivity index (χ1v) is 8.79. The van der Waals surface area contributed by atoms with Crippen molar-refractivity contribution in [3.8, 4) is 0 Å². The Labute approximate surface area is 143 Å². The van der Waals surface area contributed by atoms with Crippen molar-refractivity contribution in [2.24, 2.45) is 0 Å². The maximum absolute atomic E-state index is 14.3. The van der Waals surface area contributed by atoms with Crippen molar-refractivity contribution >= 4 is 11.7 Å². The van der Waals surface area contributed by atoms with Crippen molar-refractivity contribution in [2.75, 3.05) is 18.0 Å². The van der Waals surface area contributed by atoms with E-state index in [1.165, 1.54) is 6.07 Å². The molecule has 0 saturated carbocycles. The Kier molecular flexibility index (Phi) is 6.85. The van der Waals surface area contributed by atoms with Gasteiger partial charge in [0.15, 0.2) is 0 Å². The Balaban J connectivity index is 1.89. The molecule has 0 radical (unpaired) electrons. The lowest BCUT2D eigenvalue weighted by atomic mass is 10.1. The summed E-state index contributed by atoms with van der Waals surface area (Å²) in [6, 6.07) is 5.00. The number of amides is 2. The maximum Gasteiger partial charge on any atom is 0.315 e. The lowest BCUT2D eigenvalue weighted by Gasteiger charge is -2.31. The molecule has 1 aromatic rings. The van der Waals surface area contributed by atoms with Crippen LogP contribution >= 0.6 is 0 Å². The van der Waals surface area contributed by atoms with Gasteiger partial charge in [-0.15, -0.1) is 0 Å². The van der Waals surface area contributed by atoms with Gasteiger partial charge in [-0.05, 0) is 43.4 Å². The normalized spacial score (nSPS) is 15.6. The van der Waals surface area contributed by atoms with Crippen LogP contribution in [0.3, 0.4) is 0 Å². The second-order valence-corrected chi connectivity index (χ2v) is 6.34. The summed E-state index contributed by atoms with van der Waals surface area (Å²) < 4.78 is 14.3. The van der Waals surface area contributed by atoms with Crippen LogP contribution in [0.15, 0.2) is 18.2 Å². The smallest absolute Gasteiger partial charge is 0.315 e. The van der Waals surface area contributed by atoms with E-state index in [2.05, 4.69) is 10.6 Å². The number of anilines is 1. The third-order valence-electron chi connectivity index (χ3n) is 4.59. The van der Waals surface area contributed by atoms with Gasteiger partial charge in [-0.3, -0.25) is 0 Å². The molecule has 1 heterocycles. The number of nitrogens with zero attached hydrogens (tertiary/aromatic N) is 1. The average Bonchev–Trinajstić information content (AvgIpc) is 2.59. The first-order valence-electron chi connectivity index (χ1n) is 8.79. The highest BCUT2D eigenvalue weighted by atomic mass is 19.1. The van der Waals surface area contributed by atoms with Crippen LogP contribution in [0.4, 0.5) is 14.9 Å². The Morgan fingerprint density at radius 2 is 2.00 bits per heavy atom. The standard InChI is InChI=1S/C18H28FN3O2/c1-3-14(4-2)21-18(24)20-12-13-5-6-17(16(19)11-13)22-9-7-15(23)8-10-22/h5-6,11,14-15,23H,3-4,7-10,12H2,1-2H3,(H2,20,21,24). The maximum atomic E-state index is 14.3. The van der Waals surface area contributed by atoms with E-state index in [0.29, 0.717) is 38.2 Å². The van der Waals surface area contributed by atoms with E-state index in [1.54, 1.807) is 6.07 Å². The molecule has 1 saturated heterocycles. The number of piperidine rings is 1. The fourth-order valence-electron chi connectivity index (χ4n) is 2.94. The second-order valence-electron chi connectivity index (χ2n) is 6.34. The van der Waals surface area contributed by atoms with Crippen molar-refractivity contribution in [3.63, 3.8) is 0 Å². The number of urea groups is 1. The van der Waals surface area contributed by atoms with Gasteiger partial charge >= 0.3 is 6.03 Å². The Bertz CT molecular complexity index is 541. The van der Waals surface area contributed by atoms with Gasteiger partial charge in [-0.1, -0.05) is 19.9 Å². The zero-order valence-electron chi connectivity index (χ0n) is 14.5. The van der Waals surface area contributed by atoms with E-state index in [4.69, 9.17) is 0 Å². The highest BCUT2D eigenvalue weighted by Crippen LogP contribution is 2.24. The van der Waals surface area contributed by atoms with Crippen LogP contribution in [-0.2, 0) is 6.54 Å². The van der Waals surface area contributed by atoms with Crippen molar-refractivity contribution < 1.29 is 14.3 Å². The third kappa shape index (κ3) is 5.09. The van der Waals surface area contributed by atoms with Gasteiger partial charge in [-0.25, -0.2) is 9.18 Å². The summed E-state index contributed by atoms with van der Waals surface area (Å²) in [5, 5.41) is 15.2. The quantitative estimate of drug-likeness (QED) is 0.748. The van der Waals surface area contributed by atoms with Crippen LogP contribution in [0.2, 0.25) is 0 Å². The number of carbonyl (C=O) groups excluding carboxylic acids is 1. The molecule has 0 spiro atoms. The van der Waals surface area contributed by atoms with Crippen LogP contribution < -0.4 is 15.5 Å². The molecule has 6 heteroatoms. The third-order valence-corrected chi connectivity index (χ3v) is 4.59. The molecular weight excluding hydrogens is 309 g/mol. The van der Waals surface area contributed by atoms with Crippen LogP contribution in [0, 0.1) is 5.82 Å². The van der Waals surface area contributed by atoms with E-state index in [0.717, 1.165) is 18.4 Å². The Morgan fingerprint density at radius 1 is 1.33 bits per heavy atom. The molecule has 3 N–H and O–H groups in total. The summed E-state index contributed by atoms with van der Waals surface area (Å²) in [7, 11) is 0. The second kappa shape index (κ2) is 8.87. The van der Waals surface area contributed by atoms with E-state index < -0.39 is 0 Å². The lowest BCUT2D eigenvalue weighted by molar-refractivity contribution is 0.145. The van der Waals surface area contributed by atoms with Crippen molar-refractivity contribution in [1.82, 2.24) is 10.6 Å². The summed E-state index contributed by atoms with van der Waals surface area (Å²) in [5.74, 6) is -0.286. The van der Waals surface area contributed by atoms with Crippen LogP contribution in [-0.4, -0.2) is 36.4 Å². The SMILES string of the molecule is CCC(CC)NC(=O)NCc1ccc(N2CCC(O)CC2)c(F)c1. The summed E-state index contributed by atoms with van der Waals surface area (Å²) in [6.45, 7) is 5.67. The fourth-order valence-corrected chi connectivity index (χ4v) is 2.94. The topological polar surface area (TPSA) is 64.6 Å². The molecule has 134 valence electrons. The molecule has 24 heavy (non-hydrogen) atoms. The number of nitrogens with one attached hydrogen (secondary N) is 2. The van der Waals surface area contributed by atoms with Gasteiger partial charge in [0.25, 0.3) is 0 Å². The largest absolute Gasteiger partial charge is 0.393 e. The predicted molar refractivity (Wildman–Crippen MR) is 93.6 cm³/mol. The number of hydrogen-bond donors (Lipinski definition) is 3. The first-order chi connectivity index (χ1) is 11.5. The molecule has 5 nitrogen and oxygen atoms in total. The van der Waals surface area contributed by atoms with Gasteiger partial charge in [0.2, 0.25) is 0 Å². The average molecular weight is 337 g/mol.